The van der Waals surface area contributed by atoms with Gasteiger partial charge in [0.1, 0.15) is 18.0 Å². The Morgan fingerprint density at radius 3 is 2.35 bits per heavy atom. The summed E-state index contributed by atoms with van der Waals surface area (Å²) in [7, 11) is 2.76. The fourth-order valence-electron chi connectivity index (χ4n) is 3.82. The third-order valence-corrected chi connectivity index (χ3v) is 6.57. The van der Waals surface area contributed by atoms with Gasteiger partial charge in [-0.05, 0) is 36.4 Å². The molecule has 4 rings (SSSR count). The van der Waals surface area contributed by atoms with E-state index in [9.17, 15) is 26.7 Å². The first-order valence-corrected chi connectivity index (χ1v) is 11.6. The standard InChI is InChI=1S/C24H21F5N2O5S/c1-33-19-11-15(3-8-18(19)35-14-22(34-2)12-23(25,26)13-22)31-10-9-30-20(21(31)32)37-17-6-4-16(5-7-17)36-24(27,28)29/h3-11H,12-14H2,1-2H3. The lowest BCUT2D eigenvalue weighted by Gasteiger charge is -2.45. The first kappa shape index (κ1) is 26.7. The molecule has 1 heterocycles. The SMILES string of the molecule is COc1cc(-n2ccnc(Sc3ccc(OC(F)(F)F)cc3)c2=O)ccc1OCC1(OC)CC(F)(F)C1. The molecule has 13 heteroatoms. The number of benzene rings is 2. The minimum absolute atomic E-state index is 0.0826. The predicted octanol–water partition coefficient (Wildman–Crippen LogP) is 5.48. The molecule has 0 saturated heterocycles. The van der Waals surface area contributed by atoms with Crippen molar-refractivity contribution in [2.75, 3.05) is 20.8 Å². The van der Waals surface area contributed by atoms with Gasteiger partial charge in [-0.25, -0.2) is 13.8 Å². The Hall–Kier alpha value is -3.32. The molecule has 0 unspecified atom stereocenters. The molecule has 2 aromatic carbocycles. The van der Waals surface area contributed by atoms with E-state index in [2.05, 4.69) is 9.72 Å². The van der Waals surface area contributed by atoms with E-state index in [1.807, 2.05) is 0 Å². The highest BCUT2D eigenvalue weighted by Crippen LogP contribution is 2.48. The van der Waals surface area contributed by atoms with Crippen LogP contribution in [0, 0.1) is 0 Å². The molecule has 0 bridgehead atoms. The fourth-order valence-corrected chi connectivity index (χ4v) is 4.61. The van der Waals surface area contributed by atoms with E-state index in [4.69, 9.17) is 14.2 Å². The first-order chi connectivity index (χ1) is 17.4. The van der Waals surface area contributed by atoms with Gasteiger partial charge in [-0.15, -0.1) is 13.2 Å². The average molecular weight is 544 g/mol. The number of ether oxygens (including phenoxy) is 4. The Bertz CT molecular complexity index is 1310. The summed E-state index contributed by atoms with van der Waals surface area (Å²) in [6.45, 7) is -0.0996. The lowest BCUT2D eigenvalue weighted by atomic mass is 9.77. The molecule has 37 heavy (non-hydrogen) atoms. The summed E-state index contributed by atoms with van der Waals surface area (Å²) in [6, 6.07) is 9.72. The van der Waals surface area contributed by atoms with Crippen LogP contribution in [-0.2, 0) is 4.74 Å². The molecule has 1 saturated carbocycles. The Morgan fingerprint density at radius 2 is 1.76 bits per heavy atom. The Labute approximate surface area is 212 Å². The zero-order valence-corrected chi connectivity index (χ0v) is 20.4. The third kappa shape index (κ3) is 6.34. The molecule has 7 nitrogen and oxygen atoms in total. The lowest BCUT2D eigenvalue weighted by molar-refractivity contribution is -0.274. The van der Waals surface area contributed by atoms with Crippen molar-refractivity contribution in [2.45, 2.75) is 40.6 Å². The van der Waals surface area contributed by atoms with Crippen LogP contribution < -0.4 is 19.8 Å². The second kappa shape index (κ2) is 10.2. The van der Waals surface area contributed by atoms with Crippen molar-refractivity contribution in [3.63, 3.8) is 0 Å². The lowest BCUT2D eigenvalue weighted by Crippen LogP contribution is -2.56. The molecule has 0 radical (unpaired) electrons. The molecule has 0 atom stereocenters. The number of aromatic nitrogens is 2. The summed E-state index contributed by atoms with van der Waals surface area (Å²) in [6.07, 6.45) is -2.84. The van der Waals surface area contributed by atoms with Crippen LogP contribution in [0.4, 0.5) is 22.0 Å². The summed E-state index contributed by atoms with van der Waals surface area (Å²) in [5, 5.41) is 0.0826. The van der Waals surface area contributed by atoms with Crippen LogP contribution in [0.1, 0.15) is 12.8 Å². The van der Waals surface area contributed by atoms with Crippen LogP contribution in [-0.4, -0.2) is 48.3 Å². The van der Waals surface area contributed by atoms with Crippen LogP contribution >= 0.6 is 11.8 Å². The Kier molecular flexibility index (Phi) is 7.38. The molecule has 0 N–H and O–H groups in total. The second-order valence-corrected chi connectivity index (χ2v) is 9.31. The predicted molar refractivity (Wildman–Crippen MR) is 123 cm³/mol. The summed E-state index contributed by atoms with van der Waals surface area (Å²) in [5.74, 6) is -2.61. The maximum Gasteiger partial charge on any atom is 0.573 e. The zero-order valence-electron chi connectivity index (χ0n) is 19.6. The number of methoxy groups -OCH3 is 2. The van der Waals surface area contributed by atoms with Crippen molar-refractivity contribution in [3.8, 4) is 22.9 Å². The molecule has 1 aliphatic carbocycles. The van der Waals surface area contributed by atoms with Gasteiger partial charge in [0.15, 0.2) is 16.5 Å². The topological polar surface area (TPSA) is 71.8 Å². The largest absolute Gasteiger partial charge is 0.573 e. The minimum atomic E-state index is -4.80. The smallest absolute Gasteiger partial charge is 0.493 e. The van der Waals surface area contributed by atoms with Gasteiger partial charge in [0.25, 0.3) is 11.5 Å². The second-order valence-electron chi connectivity index (χ2n) is 8.25. The van der Waals surface area contributed by atoms with Crippen molar-refractivity contribution in [1.82, 2.24) is 9.55 Å². The van der Waals surface area contributed by atoms with E-state index in [0.29, 0.717) is 10.6 Å². The van der Waals surface area contributed by atoms with Crippen LogP contribution in [0.3, 0.4) is 0 Å². The molecule has 198 valence electrons. The highest BCUT2D eigenvalue weighted by molar-refractivity contribution is 7.99. The van der Waals surface area contributed by atoms with E-state index in [1.54, 1.807) is 18.2 Å². The van der Waals surface area contributed by atoms with E-state index in [0.717, 1.165) is 23.9 Å². The summed E-state index contributed by atoms with van der Waals surface area (Å²) in [5.41, 5.74) is -1.14. The van der Waals surface area contributed by atoms with Crippen molar-refractivity contribution in [3.05, 3.63) is 65.2 Å². The molecule has 0 aliphatic heterocycles. The first-order valence-electron chi connectivity index (χ1n) is 10.8. The van der Waals surface area contributed by atoms with Crippen molar-refractivity contribution in [1.29, 1.82) is 0 Å². The minimum Gasteiger partial charge on any atom is -0.493 e. The number of hydrogen-bond donors (Lipinski definition) is 0. The van der Waals surface area contributed by atoms with Gasteiger partial charge in [-0.1, -0.05) is 11.8 Å². The highest BCUT2D eigenvalue weighted by atomic mass is 32.2. The van der Waals surface area contributed by atoms with Gasteiger partial charge < -0.3 is 18.9 Å². The van der Waals surface area contributed by atoms with Crippen LogP contribution in [0.2, 0.25) is 0 Å². The van der Waals surface area contributed by atoms with Crippen molar-refractivity contribution < 1.29 is 40.9 Å². The van der Waals surface area contributed by atoms with E-state index in [1.165, 1.54) is 43.3 Å². The number of alkyl halides is 5. The maximum absolute atomic E-state index is 13.4. The molecule has 1 fully saturated rings. The quantitative estimate of drug-likeness (QED) is 0.330. The van der Waals surface area contributed by atoms with Crippen LogP contribution in [0.15, 0.2) is 69.6 Å². The van der Waals surface area contributed by atoms with Crippen LogP contribution in [0.25, 0.3) is 5.69 Å². The van der Waals surface area contributed by atoms with Crippen molar-refractivity contribution >= 4 is 11.8 Å². The van der Waals surface area contributed by atoms with E-state index in [-0.39, 0.29) is 28.9 Å². The molecular formula is C24H21F5N2O5S. The average Bonchev–Trinajstić information content (AvgIpc) is 2.82. The van der Waals surface area contributed by atoms with E-state index >= 15 is 0 Å². The van der Waals surface area contributed by atoms with Crippen molar-refractivity contribution in [2.24, 2.45) is 0 Å². The van der Waals surface area contributed by atoms with Gasteiger partial charge in [0.05, 0.1) is 12.8 Å². The molecular weight excluding hydrogens is 523 g/mol. The number of hydrogen-bond acceptors (Lipinski definition) is 7. The monoisotopic (exact) mass is 544 g/mol. The fraction of sp³-hybridized carbons (Fsp3) is 0.333. The molecule has 0 spiro atoms. The zero-order chi connectivity index (χ0) is 26.8. The maximum atomic E-state index is 13.4. The molecule has 0 amide bonds. The molecule has 1 aliphatic rings. The summed E-state index contributed by atoms with van der Waals surface area (Å²) >= 11 is 0.973. The molecule has 1 aromatic heterocycles. The number of nitrogens with zero attached hydrogens (tertiary/aromatic N) is 2. The normalized spacial score (nSPS) is 16.1. The summed E-state index contributed by atoms with van der Waals surface area (Å²) < 4.78 is 85.3. The Morgan fingerprint density at radius 1 is 1.05 bits per heavy atom. The van der Waals surface area contributed by atoms with Crippen LogP contribution in [0.5, 0.6) is 17.2 Å². The third-order valence-electron chi connectivity index (χ3n) is 5.59. The van der Waals surface area contributed by atoms with Gasteiger partial charge in [0, 0.05) is 43.3 Å². The Balaban J connectivity index is 1.51. The number of rotatable bonds is 9. The number of halogens is 5. The van der Waals surface area contributed by atoms with Gasteiger partial charge in [-0.2, -0.15) is 0 Å². The van der Waals surface area contributed by atoms with E-state index < -0.39 is 36.3 Å². The molecule has 3 aromatic rings. The highest BCUT2D eigenvalue weighted by Gasteiger charge is 2.57. The van der Waals surface area contributed by atoms with Gasteiger partial charge in [0.2, 0.25) is 0 Å². The van der Waals surface area contributed by atoms with Gasteiger partial charge >= 0.3 is 6.36 Å². The summed E-state index contributed by atoms with van der Waals surface area (Å²) in [4.78, 5) is 17.6. The van der Waals surface area contributed by atoms with Gasteiger partial charge in [-0.3, -0.25) is 9.36 Å².